The highest BCUT2D eigenvalue weighted by Crippen LogP contribution is 2.38. The summed E-state index contributed by atoms with van der Waals surface area (Å²) in [5, 5.41) is 58.0. The van der Waals surface area contributed by atoms with Crippen molar-refractivity contribution in [3.05, 3.63) is 63.3 Å². The lowest BCUT2D eigenvalue weighted by molar-refractivity contribution is -0.692. The number of rotatable bonds is 4. The summed E-state index contributed by atoms with van der Waals surface area (Å²) in [6.07, 6.45) is 6.05. The van der Waals surface area contributed by atoms with Gasteiger partial charge in [-0.05, 0) is 48.6 Å². The molecular weight excluding hydrogens is 440 g/mol. The molecule has 0 saturated heterocycles. The molecule has 0 aliphatic rings. The van der Waals surface area contributed by atoms with Crippen LogP contribution in [0, 0.1) is 0 Å². The molecule has 0 spiro atoms. The van der Waals surface area contributed by atoms with Gasteiger partial charge in [-0.3, -0.25) is 0 Å². The van der Waals surface area contributed by atoms with Gasteiger partial charge in [-0.1, -0.05) is 0 Å². The van der Waals surface area contributed by atoms with Gasteiger partial charge in [0.05, 0.1) is 14.1 Å². The second-order valence-corrected chi connectivity index (χ2v) is 6.80. The van der Waals surface area contributed by atoms with Crippen LogP contribution in [0.3, 0.4) is 0 Å². The molecule has 0 fully saturated rings. The first-order valence-electron chi connectivity index (χ1n) is 9.05. The maximum atomic E-state index is 12.6. The smallest absolute Gasteiger partial charge is 0.498 e. The minimum Gasteiger partial charge on any atom is -1.00 e. The molecule has 9 nitrogen and oxygen atoms in total. The van der Waals surface area contributed by atoms with E-state index >= 15 is 0 Å². The molecule has 0 unspecified atom stereocenters. The third kappa shape index (κ3) is 4.47. The van der Waals surface area contributed by atoms with E-state index in [1.165, 1.54) is 45.6 Å². The summed E-state index contributed by atoms with van der Waals surface area (Å²) < 4.78 is 2.74. The number of hydrogen-bond donors (Lipinski definition) is 6. The number of hydrogen-bond acceptors (Lipinski definition) is 7. The summed E-state index contributed by atoms with van der Waals surface area (Å²) in [5.74, 6) is -3.18. The van der Waals surface area contributed by atoms with Crippen LogP contribution >= 0.6 is 0 Å². The zero-order chi connectivity index (χ0) is 22.9. The van der Waals surface area contributed by atoms with E-state index in [1.54, 1.807) is 32.3 Å². The van der Waals surface area contributed by atoms with E-state index in [2.05, 4.69) is 0 Å². The second-order valence-electron chi connectivity index (χ2n) is 6.80. The number of aromatic hydroxyl groups is 6. The van der Waals surface area contributed by atoms with Gasteiger partial charge < -0.3 is 43.0 Å². The Hall–Kier alpha value is -4.11. The molecule has 1 heterocycles. The molecule has 0 amide bonds. The normalized spacial score (nSPS) is 11.2. The number of nitrogens with zero attached hydrogens (tertiary/aromatic N) is 2. The Labute approximate surface area is 188 Å². The fourth-order valence-corrected chi connectivity index (χ4v) is 2.90. The molecule has 0 aliphatic carbocycles. The lowest BCUT2D eigenvalue weighted by atomic mass is 10.1. The van der Waals surface area contributed by atoms with Crippen molar-refractivity contribution in [1.29, 1.82) is 0 Å². The fraction of sp³-hybridized carbons (Fsp3) is 0.0909. The van der Waals surface area contributed by atoms with Crippen LogP contribution in [-0.4, -0.2) is 35.2 Å². The van der Waals surface area contributed by atoms with Crippen molar-refractivity contribution >= 4 is 24.3 Å². The molecule has 168 valence electrons. The molecule has 3 rings (SSSR count). The Bertz CT molecular complexity index is 1200. The first-order chi connectivity index (χ1) is 14.6. The molecule has 0 bridgehead atoms. The number of benzene rings is 2. The summed E-state index contributed by atoms with van der Waals surface area (Å²) in [5.41, 5.74) is 1.05. The van der Waals surface area contributed by atoms with Crippen LogP contribution in [0.25, 0.3) is 24.3 Å². The average molecular weight is 461 g/mol. The predicted octanol–water partition coefficient (Wildman–Crippen LogP) is -1.21. The maximum absolute atomic E-state index is 12.6. The van der Waals surface area contributed by atoms with Crippen molar-refractivity contribution < 1.29 is 47.6 Å². The Balaban J connectivity index is 0.00000363. The van der Waals surface area contributed by atoms with Gasteiger partial charge in [-0.2, -0.15) is 13.9 Å². The highest BCUT2D eigenvalue weighted by Gasteiger charge is 2.15. The molecule has 2 aromatic carbocycles. The molecule has 0 saturated carbocycles. The molecule has 0 radical (unpaired) electrons. The summed E-state index contributed by atoms with van der Waals surface area (Å²) in [7, 11) is 3.13. The molecule has 0 atom stereocenters. The van der Waals surface area contributed by atoms with Crippen molar-refractivity contribution in [2.45, 2.75) is 0 Å². The minimum absolute atomic E-state index is 0. The largest absolute Gasteiger partial charge is 1.00 e. The van der Waals surface area contributed by atoms with Gasteiger partial charge in [0.25, 0.3) is 0 Å². The van der Waals surface area contributed by atoms with Crippen molar-refractivity contribution in [3.63, 3.8) is 0 Å². The first kappa shape index (κ1) is 24.2. The quantitative estimate of drug-likeness (QED) is 0.211. The lowest BCUT2D eigenvalue weighted by Crippen LogP contribution is -3.00. The Morgan fingerprint density at radius 2 is 1.22 bits per heavy atom. The molecule has 6 N–H and O–H groups in total. The van der Waals surface area contributed by atoms with Crippen molar-refractivity contribution in [2.75, 3.05) is 0 Å². The lowest BCUT2D eigenvalue weighted by Gasteiger charge is -2.05. The van der Waals surface area contributed by atoms with Crippen LogP contribution in [0.5, 0.6) is 34.5 Å². The van der Waals surface area contributed by atoms with Crippen LogP contribution in [0.2, 0.25) is 0 Å². The van der Waals surface area contributed by atoms with E-state index in [-0.39, 0.29) is 29.2 Å². The molecule has 3 aromatic rings. The number of aromatic nitrogens is 2. The summed E-state index contributed by atoms with van der Waals surface area (Å²) >= 11 is 0. The monoisotopic (exact) mass is 460 g/mol. The minimum atomic E-state index is -0.643. The van der Waals surface area contributed by atoms with Gasteiger partial charge >= 0.3 is 5.69 Å². The van der Waals surface area contributed by atoms with Crippen molar-refractivity contribution in [2.24, 2.45) is 14.1 Å². The van der Waals surface area contributed by atoms with Gasteiger partial charge in [-0.25, -0.2) is 0 Å². The van der Waals surface area contributed by atoms with Crippen molar-refractivity contribution in [3.8, 4) is 34.5 Å². The summed E-state index contributed by atoms with van der Waals surface area (Å²) in [4.78, 5) is 12.6. The van der Waals surface area contributed by atoms with Gasteiger partial charge in [0, 0.05) is 17.2 Å². The molecule has 0 aliphatic heterocycles. The van der Waals surface area contributed by atoms with Crippen LogP contribution in [0.15, 0.2) is 35.1 Å². The Morgan fingerprint density at radius 1 is 0.750 bits per heavy atom. The topological polar surface area (TPSA) is 147 Å². The van der Waals surface area contributed by atoms with E-state index in [0.29, 0.717) is 11.4 Å². The van der Waals surface area contributed by atoms with Gasteiger partial charge in [0.15, 0.2) is 23.0 Å². The van der Waals surface area contributed by atoms with Crippen LogP contribution in [0.1, 0.15) is 22.5 Å². The standard InChI is InChI=1S/C22H20N2O7.ClH/c1-23-14(7-3-12-5-9-16(25)20(29)18(12)27)11-15(24(2)22(23)31)8-4-13-6-10-17(26)21(30)19(13)28;/h3-11H,1-2H3,(H5,25,26,27,28,29,30);1H. The van der Waals surface area contributed by atoms with Crippen LogP contribution in [0.4, 0.5) is 0 Å². The second kappa shape index (κ2) is 9.36. The SMILES string of the molecule is Cn1c(C=Cc2ccc(O)c(O)c2O)cc(C=Cc2ccc(O)c(O)c2O)[n+](C)c1=O.[Cl-]. The van der Waals surface area contributed by atoms with Crippen molar-refractivity contribution in [1.82, 2.24) is 4.57 Å². The third-order valence-corrected chi connectivity index (χ3v) is 4.83. The fourth-order valence-electron chi connectivity index (χ4n) is 2.90. The zero-order valence-corrected chi connectivity index (χ0v) is 17.8. The summed E-state index contributed by atoms with van der Waals surface area (Å²) in [6, 6.07) is 6.94. The molecule has 32 heavy (non-hydrogen) atoms. The number of phenols is 6. The van der Waals surface area contributed by atoms with Crippen LogP contribution < -0.4 is 22.7 Å². The maximum Gasteiger partial charge on any atom is 0.498 e. The third-order valence-electron chi connectivity index (χ3n) is 4.83. The van der Waals surface area contributed by atoms with Gasteiger partial charge in [0.1, 0.15) is 11.4 Å². The van der Waals surface area contributed by atoms with Crippen LogP contribution in [-0.2, 0) is 14.1 Å². The van der Waals surface area contributed by atoms with Gasteiger partial charge in [0.2, 0.25) is 11.5 Å². The van der Waals surface area contributed by atoms with E-state index in [4.69, 9.17) is 0 Å². The van der Waals surface area contributed by atoms with E-state index in [9.17, 15) is 35.4 Å². The highest BCUT2D eigenvalue weighted by atomic mass is 35.5. The Kier molecular flexibility index (Phi) is 7.06. The molecule has 10 heteroatoms. The average Bonchev–Trinajstić information content (AvgIpc) is 2.75. The Morgan fingerprint density at radius 3 is 1.72 bits per heavy atom. The highest BCUT2D eigenvalue weighted by molar-refractivity contribution is 5.76. The zero-order valence-electron chi connectivity index (χ0n) is 17.1. The first-order valence-corrected chi connectivity index (χ1v) is 9.05. The summed E-state index contributed by atoms with van der Waals surface area (Å²) in [6.45, 7) is 0. The van der Waals surface area contributed by atoms with E-state index in [1.807, 2.05) is 0 Å². The van der Waals surface area contributed by atoms with E-state index < -0.39 is 34.5 Å². The molecular formula is C22H21ClN2O7. The number of phenolic OH excluding ortho intramolecular Hbond substituents is 6. The van der Waals surface area contributed by atoms with Gasteiger partial charge in [-0.15, -0.1) is 0 Å². The molecule has 1 aromatic heterocycles. The number of halogens is 1. The predicted molar refractivity (Wildman–Crippen MR) is 114 cm³/mol. The van der Waals surface area contributed by atoms with E-state index in [0.717, 1.165) is 0 Å².